The minimum Gasteiger partial charge on any atom is -0.481 e. The van der Waals surface area contributed by atoms with Crippen LogP contribution in [0.4, 0.5) is 0 Å². The van der Waals surface area contributed by atoms with Gasteiger partial charge in [-0.25, -0.2) is 9.48 Å². The van der Waals surface area contributed by atoms with Gasteiger partial charge in [0.1, 0.15) is 5.75 Å². The van der Waals surface area contributed by atoms with Gasteiger partial charge in [0.25, 0.3) is 0 Å². The van der Waals surface area contributed by atoms with Crippen molar-refractivity contribution in [1.82, 2.24) is 9.78 Å². The number of aromatic nitrogens is 2. The number of rotatable bonds is 6. The third kappa shape index (κ3) is 4.50. The number of nitrogens with zero attached hydrogens (tertiary/aromatic N) is 2. The summed E-state index contributed by atoms with van der Waals surface area (Å²) < 4.78 is 7.33. The molecular weight excluding hydrogens is 459 g/mol. The topological polar surface area (TPSA) is 81.4 Å². The third-order valence-electron chi connectivity index (χ3n) is 3.54. The predicted octanol–water partition coefficient (Wildman–Crippen LogP) is 4.64. The summed E-state index contributed by atoms with van der Waals surface area (Å²) in [4.78, 5) is 23.6. The van der Waals surface area contributed by atoms with Crippen LogP contribution in [0.2, 0.25) is 10.0 Å². The highest BCUT2D eigenvalue weighted by molar-refractivity contribution is 9.10. The lowest BCUT2D eigenvalue weighted by Gasteiger charge is -2.09. The molecule has 1 N–H and O–H groups in total. The number of halogens is 3. The Hall–Kier alpha value is -2.35. The van der Waals surface area contributed by atoms with E-state index in [1.165, 1.54) is 23.1 Å². The molecule has 0 spiro atoms. The summed E-state index contributed by atoms with van der Waals surface area (Å²) in [7, 11) is 0. The molecule has 0 amide bonds. The van der Waals surface area contributed by atoms with Crippen molar-refractivity contribution in [3.63, 3.8) is 0 Å². The molecule has 3 rings (SSSR count). The Morgan fingerprint density at radius 2 is 1.96 bits per heavy atom. The highest BCUT2D eigenvalue weighted by Crippen LogP contribution is 2.27. The van der Waals surface area contributed by atoms with Crippen LogP contribution in [0.5, 0.6) is 5.75 Å². The molecule has 0 radical (unpaired) electrons. The van der Waals surface area contributed by atoms with Crippen LogP contribution in [0.3, 0.4) is 0 Å². The molecule has 1 heterocycles. The van der Waals surface area contributed by atoms with Gasteiger partial charge in [-0.3, -0.25) is 4.79 Å². The lowest BCUT2D eigenvalue weighted by molar-refractivity contribution is -0.139. The smallest absolute Gasteiger partial charge is 0.341 e. The van der Waals surface area contributed by atoms with Gasteiger partial charge >= 0.3 is 5.97 Å². The van der Waals surface area contributed by atoms with Gasteiger partial charge < -0.3 is 9.84 Å². The van der Waals surface area contributed by atoms with Crippen molar-refractivity contribution >= 4 is 50.9 Å². The van der Waals surface area contributed by atoms with Crippen LogP contribution >= 0.6 is 39.1 Å². The summed E-state index contributed by atoms with van der Waals surface area (Å²) in [6.07, 6.45) is 2.93. The van der Waals surface area contributed by atoms with E-state index >= 15 is 0 Å². The molecule has 0 aliphatic heterocycles. The zero-order valence-corrected chi connectivity index (χ0v) is 16.6. The minimum absolute atomic E-state index is 0.169. The number of hydrogen-bond donors (Lipinski definition) is 1. The number of carbonyl (C=O) groups is 2. The highest BCUT2D eigenvalue weighted by atomic mass is 79.9. The second-order valence-electron chi connectivity index (χ2n) is 5.42. The van der Waals surface area contributed by atoms with Crippen molar-refractivity contribution in [2.24, 2.45) is 0 Å². The first-order valence-corrected chi connectivity index (χ1v) is 9.09. The molecule has 0 bridgehead atoms. The SMILES string of the molecule is O=C(O)COc1ccc(Br)cc1C(=O)c1cnn(-c2ccc(Cl)cc2Cl)c1. The second-order valence-corrected chi connectivity index (χ2v) is 7.18. The molecule has 2 aromatic carbocycles. The maximum Gasteiger partial charge on any atom is 0.341 e. The lowest BCUT2D eigenvalue weighted by atomic mass is 10.1. The average Bonchev–Trinajstić information content (AvgIpc) is 3.09. The zero-order valence-electron chi connectivity index (χ0n) is 13.5. The molecule has 0 saturated carbocycles. The van der Waals surface area contributed by atoms with Crippen LogP contribution in [0.1, 0.15) is 15.9 Å². The lowest BCUT2D eigenvalue weighted by Crippen LogP contribution is -2.12. The summed E-state index contributed by atoms with van der Waals surface area (Å²) in [6.45, 7) is -0.554. The van der Waals surface area contributed by atoms with Gasteiger partial charge in [0.05, 0.1) is 28.0 Å². The van der Waals surface area contributed by atoms with Crippen LogP contribution in [-0.4, -0.2) is 33.2 Å². The van der Waals surface area contributed by atoms with Crippen molar-refractivity contribution in [3.8, 4) is 11.4 Å². The van der Waals surface area contributed by atoms with E-state index in [2.05, 4.69) is 21.0 Å². The fraction of sp³-hybridized carbons (Fsp3) is 0.0556. The average molecular weight is 470 g/mol. The number of carboxylic acids is 1. The largest absolute Gasteiger partial charge is 0.481 e. The quantitative estimate of drug-likeness (QED) is 0.532. The van der Waals surface area contributed by atoms with E-state index in [4.69, 9.17) is 33.0 Å². The number of hydrogen-bond acceptors (Lipinski definition) is 4. The first kappa shape index (κ1) is 19.4. The molecule has 0 atom stereocenters. The Bertz CT molecular complexity index is 1040. The monoisotopic (exact) mass is 468 g/mol. The Labute approximate surface area is 172 Å². The standard InChI is InChI=1S/C18H11BrCl2N2O4/c19-11-1-4-16(27-9-17(24)25)13(5-11)18(26)10-7-22-23(8-10)15-3-2-12(20)6-14(15)21/h1-8H,9H2,(H,24,25). The van der Waals surface area contributed by atoms with E-state index in [1.807, 2.05) is 0 Å². The normalized spacial score (nSPS) is 10.6. The molecule has 0 aliphatic carbocycles. The summed E-state index contributed by atoms with van der Waals surface area (Å²) in [5, 5.41) is 13.8. The van der Waals surface area contributed by atoms with Gasteiger partial charge in [0.15, 0.2) is 12.4 Å². The maximum atomic E-state index is 12.9. The van der Waals surface area contributed by atoms with Crippen molar-refractivity contribution in [2.75, 3.05) is 6.61 Å². The second kappa shape index (κ2) is 8.12. The van der Waals surface area contributed by atoms with E-state index in [-0.39, 0.29) is 17.1 Å². The minimum atomic E-state index is -1.14. The molecule has 1 aromatic heterocycles. The summed E-state index contributed by atoms with van der Waals surface area (Å²) >= 11 is 15.4. The molecule has 0 unspecified atom stereocenters. The number of aliphatic carboxylic acids is 1. The predicted molar refractivity (Wildman–Crippen MR) is 104 cm³/mol. The number of ketones is 1. The van der Waals surface area contributed by atoms with Crippen molar-refractivity contribution < 1.29 is 19.4 Å². The van der Waals surface area contributed by atoms with Crippen molar-refractivity contribution in [2.45, 2.75) is 0 Å². The summed E-state index contributed by atoms with van der Waals surface area (Å²) in [5.41, 5.74) is 1.07. The molecule has 3 aromatic rings. The Morgan fingerprint density at radius 3 is 2.67 bits per heavy atom. The van der Waals surface area contributed by atoms with Crippen LogP contribution in [0.25, 0.3) is 5.69 Å². The zero-order chi connectivity index (χ0) is 19.6. The first-order valence-electron chi connectivity index (χ1n) is 7.54. The number of carbonyl (C=O) groups excluding carboxylic acids is 1. The summed E-state index contributed by atoms with van der Waals surface area (Å²) in [6, 6.07) is 9.68. The Balaban J connectivity index is 1.94. The number of carboxylic acid groups (broad SMARTS) is 1. The molecular formula is C18H11BrCl2N2O4. The van der Waals surface area contributed by atoms with Crippen LogP contribution in [0.15, 0.2) is 53.3 Å². The fourth-order valence-electron chi connectivity index (χ4n) is 2.34. The van der Waals surface area contributed by atoms with Gasteiger partial charge in [0.2, 0.25) is 0 Å². The number of benzene rings is 2. The molecule has 9 heteroatoms. The van der Waals surface area contributed by atoms with E-state index in [9.17, 15) is 9.59 Å². The van der Waals surface area contributed by atoms with Gasteiger partial charge in [-0.1, -0.05) is 39.1 Å². The molecule has 0 aliphatic rings. The van der Waals surface area contributed by atoms with Gasteiger partial charge in [0, 0.05) is 15.7 Å². The van der Waals surface area contributed by atoms with E-state index in [0.717, 1.165) is 0 Å². The summed E-state index contributed by atoms with van der Waals surface area (Å²) in [5.74, 6) is -1.34. The van der Waals surface area contributed by atoms with E-state index in [0.29, 0.717) is 25.8 Å². The molecule has 0 saturated heterocycles. The van der Waals surface area contributed by atoms with E-state index < -0.39 is 12.6 Å². The highest BCUT2D eigenvalue weighted by Gasteiger charge is 2.18. The Morgan fingerprint density at radius 1 is 1.19 bits per heavy atom. The Kier molecular flexibility index (Phi) is 5.84. The van der Waals surface area contributed by atoms with Crippen LogP contribution in [-0.2, 0) is 4.79 Å². The van der Waals surface area contributed by atoms with Crippen molar-refractivity contribution in [3.05, 3.63) is 74.4 Å². The van der Waals surface area contributed by atoms with Gasteiger partial charge in [-0.2, -0.15) is 5.10 Å². The van der Waals surface area contributed by atoms with Gasteiger partial charge in [-0.15, -0.1) is 0 Å². The third-order valence-corrected chi connectivity index (χ3v) is 4.57. The molecule has 0 fully saturated rings. The van der Waals surface area contributed by atoms with Gasteiger partial charge in [-0.05, 0) is 36.4 Å². The van der Waals surface area contributed by atoms with Crippen LogP contribution in [0, 0.1) is 0 Å². The van der Waals surface area contributed by atoms with E-state index in [1.54, 1.807) is 30.3 Å². The van der Waals surface area contributed by atoms with Crippen LogP contribution < -0.4 is 4.74 Å². The van der Waals surface area contributed by atoms with Crippen molar-refractivity contribution in [1.29, 1.82) is 0 Å². The fourth-order valence-corrected chi connectivity index (χ4v) is 3.20. The number of ether oxygens (including phenoxy) is 1. The molecule has 6 nitrogen and oxygen atoms in total. The maximum absolute atomic E-state index is 12.9. The molecule has 27 heavy (non-hydrogen) atoms. The molecule has 138 valence electrons. The first-order chi connectivity index (χ1) is 12.8.